The Balaban J connectivity index is 2.62. The van der Waals surface area contributed by atoms with Gasteiger partial charge in [-0.3, -0.25) is 4.79 Å². The molecule has 0 bridgehead atoms. The van der Waals surface area contributed by atoms with Gasteiger partial charge >= 0.3 is 0 Å². The first kappa shape index (κ1) is 13.2. The highest BCUT2D eigenvalue weighted by molar-refractivity contribution is 6.01. The SMILES string of the molecule is C=C(/C=C\C(=O)N(C)c1ccccc1)COC. The van der Waals surface area contributed by atoms with Crippen LogP contribution < -0.4 is 4.90 Å². The Kier molecular flexibility index (Phi) is 5.17. The van der Waals surface area contributed by atoms with E-state index in [1.807, 2.05) is 30.3 Å². The second kappa shape index (κ2) is 6.66. The normalized spacial score (nSPS) is 10.5. The van der Waals surface area contributed by atoms with Gasteiger partial charge in [0.1, 0.15) is 0 Å². The van der Waals surface area contributed by atoms with Crippen molar-refractivity contribution in [2.24, 2.45) is 0 Å². The lowest BCUT2D eigenvalue weighted by molar-refractivity contribution is -0.113. The van der Waals surface area contributed by atoms with Crippen LogP contribution in [-0.2, 0) is 9.53 Å². The summed E-state index contributed by atoms with van der Waals surface area (Å²) in [6, 6.07) is 9.48. The number of rotatable bonds is 5. The lowest BCUT2D eigenvalue weighted by atomic mass is 10.2. The van der Waals surface area contributed by atoms with E-state index < -0.39 is 0 Å². The molecule has 1 aromatic rings. The third-order valence-corrected chi connectivity index (χ3v) is 2.27. The van der Waals surface area contributed by atoms with E-state index in [0.717, 1.165) is 11.3 Å². The molecule has 1 amide bonds. The van der Waals surface area contributed by atoms with Crippen molar-refractivity contribution in [2.75, 3.05) is 25.7 Å². The molecule has 17 heavy (non-hydrogen) atoms. The largest absolute Gasteiger partial charge is 0.380 e. The molecule has 0 fully saturated rings. The fourth-order valence-corrected chi connectivity index (χ4v) is 1.31. The van der Waals surface area contributed by atoms with Gasteiger partial charge in [0, 0.05) is 25.9 Å². The van der Waals surface area contributed by atoms with Crippen LogP contribution >= 0.6 is 0 Å². The molecular weight excluding hydrogens is 214 g/mol. The van der Waals surface area contributed by atoms with Crippen LogP contribution in [0.4, 0.5) is 5.69 Å². The minimum absolute atomic E-state index is 0.0894. The average Bonchev–Trinajstić information content (AvgIpc) is 2.36. The standard InChI is InChI=1S/C14H17NO2/c1-12(11-17-3)9-10-14(16)15(2)13-7-5-4-6-8-13/h4-10H,1,11H2,2-3H3/b10-9-. The van der Waals surface area contributed by atoms with Gasteiger partial charge in [0.05, 0.1) is 6.61 Å². The quantitative estimate of drug-likeness (QED) is 0.575. The highest BCUT2D eigenvalue weighted by Crippen LogP contribution is 2.11. The number of anilines is 1. The van der Waals surface area contributed by atoms with Crippen LogP contribution in [0, 0.1) is 0 Å². The summed E-state index contributed by atoms with van der Waals surface area (Å²) in [6.07, 6.45) is 3.17. The van der Waals surface area contributed by atoms with Crippen molar-refractivity contribution in [3.8, 4) is 0 Å². The van der Waals surface area contributed by atoms with E-state index in [1.54, 1.807) is 25.1 Å². The summed E-state index contributed by atoms with van der Waals surface area (Å²) in [5, 5.41) is 0. The second-order valence-electron chi connectivity index (χ2n) is 3.66. The molecule has 0 saturated carbocycles. The molecule has 0 N–H and O–H groups in total. The highest BCUT2D eigenvalue weighted by atomic mass is 16.5. The van der Waals surface area contributed by atoms with Crippen molar-refractivity contribution in [1.82, 2.24) is 0 Å². The van der Waals surface area contributed by atoms with Gasteiger partial charge in [-0.1, -0.05) is 30.9 Å². The van der Waals surface area contributed by atoms with Crippen LogP contribution in [0.3, 0.4) is 0 Å². The molecule has 0 aromatic heterocycles. The van der Waals surface area contributed by atoms with Gasteiger partial charge in [0.25, 0.3) is 5.91 Å². The third kappa shape index (κ3) is 4.25. The van der Waals surface area contributed by atoms with Crippen molar-refractivity contribution in [2.45, 2.75) is 0 Å². The van der Waals surface area contributed by atoms with Crippen molar-refractivity contribution < 1.29 is 9.53 Å². The number of amides is 1. The molecule has 0 aliphatic carbocycles. The predicted molar refractivity (Wildman–Crippen MR) is 70.0 cm³/mol. The lowest BCUT2D eigenvalue weighted by Gasteiger charge is -2.14. The molecule has 0 heterocycles. The summed E-state index contributed by atoms with van der Waals surface area (Å²) in [7, 11) is 3.33. The van der Waals surface area contributed by atoms with Gasteiger partial charge in [0.2, 0.25) is 0 Å². The lowest BCUT2D eigenvalue weighted by Crippen LogP contribution is -2.23. The molecule has 0 atom stereocenters. The molecule has 1 rings (SSSR count). The molecule has 0 spiro atoms. The first-order valence-electron chi connectivity index (χ1n) is 5.32. The van der Waals surface area contributed by atoms with Gasteiger partial charge in [-0.15, -0.1) is 0 Å². The van der Waals surface area contributed by atoms with E-state index in [0.29, 0.717) is 6.61 Å². The summed E-state index contributed by atoms with van der Waals surface area (Å²) < 4.78 is 4.91. The van der Waals surface area contributed by atoms with Crippen LogP contribution in [0.25, 0.3) is 0 Å². The fourth-order valence-electron chi connectivity index (χ4n) is 1.31. The monoisotopic (exact) mass is 231 g/mol. The van der Waals surface area contributed by atoms with E-state index in [-0.39, 0.29) is 5.91 Å². The smallest absolute Gasteiger partial charge is 0.250 e. The van der Waals surface area contributed by atoms with Crippen molar-refractivity contribution in [1.29, 1.82) is 0 Å². The van der Waals surface area contributed by atoms with Gasteiger partial charge in [-0.05, 0) is 17.7 Å². The maximum absolute atomic E-state index is 11.8. The number of para-hydroxylation sites is 1. The highest BCUT2D eigenvalue weighted by Gasteiger charge is 2.06. The first-order valence-corrected chi connectivity index (χ1v) is 5.32. The van der Waals surface area contributed by atoms with Crippen molar-refractivity contribution in [3.63, 3.8) is 0 Å². The summed E-state index contributed by atoms with van der Waals surface area (Å²) in [5.74, 6) is -0.0894. The van der Waals surface area contributed by atoms with Crippen molar-refractivity contribution in [3.05, 3.63) is 54.6 Å². The zero-order valence-electron chi connectivity index (χ0n) is 10.2. The van der Waals surface area contributed by atoms with Gasteiger partial charge in [-0.2, -0.15) is 0 Å². The van der Waals surface area contributed by atoms with Gasteiger partial charge in [0.15, 0.2) is 0 Å². The zero-order chi connectivity index (χ0) is 12.7. The summed E-state index contributed by atoms with van der Waals surface area (Å²) in [6.45, 7) is 4.20. The third-order valence-electron chi connectivity index (χ3n) is 2.27. The van der Waals surface area contributed by atoms with Crippen molar-refractivity contribution >= 4 is 11.6 Å². The number of carbonyl (C=O) groups is 1. The fraction of sp³-hybridized carbons (Fsp3) is 0.214. The van der Waals surface area contributed by atoms with Crippen LogP contribution in [0.2, 0.25) is 0 Å². The van der Waals surface area contributed by atoms with E-state index in [9.17, 15) is 4.79 Å². The second-order valence-corrected chi connectivity index (χ2v) is 3.66. The molecule has 0 aliphatic rings. The van der Waals surface area contributed by atoms with Crippen LogP contribution in [-0.4, -0.2) is 26.7 Å². The minimum Gasteiger partial charge on any atom is -0.380 e. The number of likely N-dealkylation sites (N-methyl/N-ethyl adjacent to an activating group) is 1. The molecule has 1 aromatic carbocycles. The maximum Gasteiger partial charge on any atom is 0.250 e. The Morgan fingerprint density at radius 3 is 2.59 bits per heavy atom. The molecule has 0 radical (unpaired) electrons. The minimum atomic E-state index is -0.0894. The number of nitrogens with zero attached hydrogens (tertiary/aromatic N) is 1. The number of methoxy groups -OCH3 is 1. The number of benzene rings is 1. The van der Waals surface area contributed by atoms with Crippen LogP contribution in [0.1, 0.15) is 0 Å². The Morgan fingerprint density at radius 2 is 2.00 bits per heavy atom. The molecule has 90 valence electrons. The van der Waals surface area contributed by atoms with E-state index in [2.05, 4.69) is 6.58 Å². The molecule has 0 unspecified atom stereocenters. The summed E-state index contributed by atoms with van der Waals surface area (Å²) in [5.41, 5.74) is 1.63. The Labute approximate surface area is 102 Å². The number of hydrogen-bond donors (Lipinski definition) is 0. The summed E-state index contributed by atoms with van der Waals surface area (Å²) in [4.78, 5) is 13.4. The van der Waals surface area contributed by atoms with E-state index in [4.69, 9.17) is 4.74 Å². The summed E-state index contributed by atoms with van der Waals surface area (Å²) >= 11 is 0. The average molecular weight is 231 g/mol. The maximum atomic E-state index is 11.8. The molecule has 3 heteroatoms. The number of carbonyl (C=O) groups excluding carboxylic acids is 1. The number of hydrogen-bond acceptors (Lipinski definition) is 2. The van der Waals surface area contributed by atoms with Crippen LogP contribution in [0.5, 0.6) is 0 Å². The molecule has 3 nitrogen and oxygen atoms in total. The van der Waals surface area contributed by atoms with Gasteiger partial charge in [-0.25, -0.2) is 0 Å². The van der Waals surface area contributed by atoms with Gasteiger partial charge < -0.3 is 9.64 Å². The first-order chi connectivity index (χ1) is 8.15. The predicted octanol–water partition coefficient (Wildman–Crippen LogP) is 2.41. The van der Waals surface area contributed by atoms with Crippen LogP contribution in [0.15, 0.2) is 54.6 Å². The zero-order valence-corrected chi connectivity index (χ0v) is 10.2. The Morgan fingerprint density at radius 1 is 1.35 bits per heavy atom. The molecular formula is C14H17NO2. The molecule has 0 aliphatic heterocycles. The topological polar surface area (TPSA) is 29.5 Å². The van der Waals surface area contributed by atoms with E-state index >= 15 is 0 Å². The Bertz CT molecular complexity index is 409. The van der Waals surface area contributed by atoms with E-state index in [1.165, 1.54) is 6.08 Å². The Hall–Kier alpha value is -1.87. The molecule has 0 saturated heterocycles. The number of ether oxygens (including phenoxy) is 1.